The quantitative estimate of drug-likeness (QED) is 0.893. The number of alkyl halides is 3. The molecule has 1 aliphatic rings. The van der Waals surface area contributed by atoms with E-state index in [0.29, 0.717) is 13.2 Å². The second kappa shape index (κ2) is 5.48. The van der Waals surface area contributed by atoms with Crippen LogP contribution in [0.25, 0.3) is 0 Å². The molecule has 0 unspecified atom stereocenters. The number of halogens is 4. The van der Waals surface area contributed by atoms with Crippen LogP contribution in [0.2, 0.25) is 5.15 Å². The molecule has 19 heavy (non-hydrogen) atoms. The van der Waals surface area contributed by atoms with Crippen LogP contribution in [0.5, 0.6) is 0 Å². The Kier molecular flexibility index (Phi) is 4.12. The van der Waals surface area contributed by atoms with E-state index in [4.69, 9.17) is 21.4 Å². The SMILES string of the molecule is OC[C@@H]1CN(c2cc(C(F)(F)F)c(Cl)nn2)CCO1. The summed E-state index contributed by atoms with van der Waals surface area (Å²) in [4.78, 5) is 1.57. The number of hydrogen-bond donors (Lipinski definition) is 1. The van der Waals surface area contributed by atoms with Crippen molar-refractivity contribution in [1.29, 1.82) is 0 Å². The molecule has 0 bridgehead atoms. The smallest absolute Gasteiger partial charge is 0.394 e. The summed E-state index contributed by atoms with van der Waals surface area (Å²) in [5.41, 5.74) is -1.02. The van der Waals surface area contributed by atoms with Gasteiger partial charge in [-0.1, -0.05) is 11.6 Å². The van der Waals surface area contributed by atoms with Gasteiger partial charge in [0, 0.05) is 13.1 Å². The number of hydrogen-bond acceptors (Lipinski definition) is 5. The second-order valence-electron chi connectivity index (χ2n) is 4.03. The normalized spacial score (nSPS) is 20.7. The molecule has 0 amide bonds. The monoisotopic (exact) mass is 297 g/mol. The Balaban J connectivity index is 2.25. The average Bonchev–Trinajstić information content (AvgIpc) is 2.38. The summed E-state index contributed by atoms with van der Waals surface area (Å²) in [6.45, 7) is 0.731. The van der Waals surface area contributed by atoms with Crippen molar-refractivity contribution >= 4 is 17.4 Å². The second-order valence-corrected chi connectivity index (χ2v) is 4.38. The summed E-state index contributed by atoms with van der Waals surface area (Å²) in [6, 6.07) is 0.856. The lowest BCUT2D eigenvalue weighted by atomic mass is 10.2. The van der Waals surface area contributed by atoms with Gasteiger partial charge in [0.2, 0.25) is 0 Å². The number of aromatic nitrogens is 2. The largest absolute Gasteiger partial charge is 0.419 e. The Labute approximate surface area is 111 Å². The fourth-order valence-electron chi connectivity index (χ4n) is 1.76. The fraction of sp³-hybridized carbons (Fsp3) is 0.600. The molecule has 1 saturated heterocycles. The van der Waals surface area contributed by atoms with E-state index in [0.717, 1.165) is 6.07 Å². The number of aliphatic hydroxyl groups is 1. The molecule has 2 heterocycles. The minimum absolute atomic E-state index is 0.0680. The summed E-state index contributed by atoms with van der Waals surface area (Å²) in [6.07, 6.45) is -5.02. The zero-order valence-electron chi connectivity index (χ0n) is 9.69. The van der Waals surface area contributed by atoms with Gasteiger partial charge in [-0.2, -0.15) is 13.2 Å². The lowest BCUT2D eigenvalue weighted by molar-refractivity contribution is -0.137. The van der Waals surface area contributed by atoms with Gasteiger partial charge in [-0.15, -0.1) is 10.2 Å². The van der Waals surface area contributed by atoms with Gasteiger partial charge in [0.25, 0.3) is 0 Å². The zero-order chi connectivity index (χ0) is 14.0. The lowest BCUT2D eigenvalue weighted by Crippen LogP contribution is -2.44. The van der Waals surface area contributed by atoms with Gasteiger partial charge in [-0.25, -0.2) is 0 Å². The maximum Gasteiger partial charge on any atom is 0.419 e. The zero-order valence-corrected chi connectivity index (χ0v) is 10.4. The van der Waals surface area contributed by atoms with Gasteiger partial charge in [0.15, 0.2) is 11.0 Å². The van der Waals surface area contributed by atoms with Crippen LogP contribution in [0.1, 0.15) is 5.56 Å². The highest BCUT2D eigenvalue weighted by atomic mass is 35.5. The molecule has 2 rings (SSSR count). The number of anilines is 1. The van der Waals surface area contributed by atoms with E-state index in [9.17, 15) is 13.2 Å². The summed E-state index contributed by atoms with van der Waals surface area (Å²) in [5, 5.41) is 15.3. The van der Waals surface area contributed by atoms with E-state index in [-0.39, 0.29) is 19.0 Å². The Morgan fingerprint density at radius 1 is 1.47 bits per heavy atom. The molecule has 0 aromatic carbocycles. The van der Waals surface area contributed by atoms with Crippen molar-refractivity contribution in [3.8, 4) is 0 Å². The highest BCUT2D eigenvalue weighted by Gasteiger charge is 2.35. The first kappa shape index (κ1) is 14.3. The minimum Gasteiger partial charge on any atom is -0.394 e. The number of morpholine rings is 1. The van der Waals surface area contributed by atoms with Crippen molar-refractivity contribution in [1.82, 2.24) is 10.2 Å². The third kappa shape index (κ3) is 3.26. The average molecular weight is 298 g/mol. The van der Waals surface area contributed by atoms with Gasteiger partial charge >= 0.3 is 6.18 Å². The molecule has 1 aromatic heterocycles. The van der Waals surface area contributed by atoms with Crippen LogP contribution in [0.15, 0.2) is 6.07 Å². The molecule has 0 spiro atoms. The lowest BCUT2D eigenvalue weighted by Gasteiger charge is -2.32. The van der Waals surface area contributed by atoms with E-state index in [2.05, 4.69) is 10.2 Å². The fourth-order valence-corrected chi connectivity index (χ4v) is 1.96. The molecular weight excluding hydrogens is 287 g/mol. The molecule has 0 radical (unpaired) electrons. The van der Waals surface area contributed by atoms with Gasteiger partial charge < -0.3 is 14.7 Å². The molecule has 1 fully saturated rings. The molecule has 1 aliphatic heterocycles. The number of rotatable bonds is 2. The molecular formula is C10H11ClF3N3O2. The van der Waals surface area contributed by atoms with Crippen LogP contribution < -0.4 is 4.90 Å². The number of ether oxygens (including phenoxy) is 1. The van der Waals surface area contributed by atoms with Crippen LogP contribution in [0, 0.1) is 0 Å². The molecule has 106 valence electrons. The van der Waals surface area contributed by atoms with Crippen molar-refractivity contribution in [2.24, 2.45) is 0 Å². The molecule has 9 heteroatoms. The van der Waals surface area contributed by atoms with Crippen molar-refractivity contribution in [2.75, 3.05) is 31.2 Å². The molecule has 0 saturated carbocycles. The van der Waals surface area contributed by atoms with Crippen molar-refractivity contribution < 1.29 is 23.0 Å². The van der Waals surface area contributed by atoms with Gasteiger partial charge in [-0.3, -0.25) is 0 Å². The van der Waals surface area contributed by atoms with Crippen molar-refractivity contribution in [3.63, 3.8) is 0 Å². The maximum absolute atomic E-state index is 12.7. The number of nitrogens with zero attached hydrogens (tertiary/aromatic N) is 3. The maximum atomic E-state index is 12.7. The van der Waals surface area contributed by atoms with Crippen molar-refractivity contribution in [2.45, 2.75) is 12.3 Å². The third-order valence-electron chi connectivity index (χ3n) is 2.71. The van der Waals surface area contributed by atoms with Gasteiger partial charge in [0.1, 0.15) is 0 Å². The molecule has 1 N–H and O–H groups in total. The predicted molar refractivity (Wildman–Crippen MR) is 61.1 cm³/mol. The first-order valence-corrected chi connectivity index (χ1v) is 5.87. The van der Waals surface area contributed by atoms with Crippen LogP contribution in [-0.4, -0.2) is 47.7 Å². The highest BCUT2D eigenvalue weighted by Crippen LogP contribution is 2.35. The Morgan fingerprint density at radius 2 is 2.21 bits per heavy atom. The molecule has 1 aromatic rings. The topological polar surface area (TPSA) is 58.5 Å². The summed E-state index contributed by atoms with van der Waals surface area (Å²) in [5.74, 6) is 0.0680. The van der Waals surface area contributed by atoms with Gasteiger partial charge in [0.05, 0.1) is 24.9 Å². The predicted octanol–water partition coefficient (Wildman–Crippen LogP) is 1.35. The van der Waals surface area contributed by atoms with Crippen molar-refractivity contribution in [3.05, 3.63) is 16.8 Å². The Hall–Kier alpha value is -1.12. The van der Waals surface area contributed by atoms with E-state index in [1.807, 2.05) is 0 Å². The van der Waals surface area contributed by atoms with Crippen LogP contribution in [-0.2, 0) is 10.9 Å². The standard InChI is InChI=1S/C10H11ClF3N3O2/c11-9-7(10(12,13)14)3-8(15-16-9)17-1-2-19-6(4-17)5-18/h3,6,18H,1-2,4-5H2/t6-/m0/s1. The van der Waals surface area contributed by atoms with E-state index in [1.54, 1.807) is 4.90 Å². The molecule has 1 atom stereocenters. The van der Waals surface area contributed by atoms with E-state index >= 15 is 0 Å². The number of aliphatic hydroxyl groups excluding tert-OH is 1. The first-order chi connectivity index (χ1) is 8.91. The first-order valence-electron chi connectivity index (χ1n) is 5.49. The summed E-state index contributed by atoms with van der Waals surface area (Å²) in [7, 11) is 0. The summed E-state index contributed by atoms with van der Waals surface area (Å²) < 4.78 is 43.3. The third-order valence-corrected chi connectivity index (χ3v) is 2.99. The van der Waals surface area contributed by atoms with Gasteiger partial charge in [-0.05, 0) is 6.07 Å². The Bertz CT molecular complexity index is 458. The van der Waals surface area contributed by atoms with E-state index < -0.39 is 23.0 Å². The highest BCUT2D eigenvalue weighted by molar-refractivity contribution is 6.30. The molecule has 0 aliphatic carbocycles. The summed E-state index contributed by atoms with van der Waals surface area (Å²) >= 11 is 5.40. The Morgan fingerprint density at radius 3 is 2.84 bits per heavy atom. The minimum atomic E-state index is -4.58. The van der Waals surface area contributed by atoms with Crippen LogP contribution >= 0.6 is 11.6 Å². The van der Waals surface area contributed by atoms with Crippen LogP contribution in [0.3, 0.4) is 0 Å². The molecule has 5 nitrogen and oxygen atoms in total. The van der Waals surface area contributed by atoms with Crippen LogP contribution in [0.4, 0.5) is 19.0 Å². The van der Waals surface area contributed by atoms with E-state index in [1.165, 1.54) is 0 Å².